The van der Waals surface area contributed by atoms with E-state index in [1.165, 1.54) is 27.1 Å². The second kappa shape index (κ2) is 8.33. The summed E-state index contributed by atoms with van der Waals surface area (Å²) in [4.78, 5) is 28.7. The Morgan fingerprint density at radius 3 is 2.46 bits per heavy atom. The van der Waals surface area contributed by atoms with Crippen molar-refractivity contribution in [2.75, 3.05) is 45.5 Å². The van der Waals surface area contributed by atoms with Gasteiger partial charge >= 0.3 is 11.9 Å². The molecule has 7 nitrogen and oxygen atoms in total. The zero-order chi connectivity index (χ0) is 18.5. The molecule has 0 N–H and O–H groups in total. The van der Waals surface area contributed by atoms with Crippen molar-refractivity contribution in [2.45, 2.75) is 19.4 Å². The van der Waals surface area contributed by atoms with E-state index in [4.69, 9.17) is 14.2 Å². The molecule has 0 unspecified atom stereocenters. The van der Waals surface area contributed by atoms with Gasteiger partial charge in [-0.3, -0.25) is 4.90 Å². The molecule has 2 aliphatic rings. The second-order valence-electron chi connectivity index (χ2n) is 6.33. The number of para-hydroxylation sites is 1. The average Bonchev–Trinajstić information content (AvgIpc) is 3.19. The fraction of sp³-hybridized carbons (Fsp3) is 0.474. The first-order valence-electron chi connectivity index (χ1n) is 8.71. The molecular formula is C19H24N2O5. The van der Waals surface area contributed by atoms with Crippen molar-refractivity contribution in [1.29, 1.82) is 0 Å². The summed E-state index contributed by atoms with van der Waals surface area (Å²) in [6.45, 7) is 3.11. The Bertz CT molecular complexity index is 710. The molecule has 0 radical (unpaired) electrons. The molecule has 1 aromatic rings. The van der Waals surface area contributed by atoms with E-state index < -0.39 is 11.9 Å². The van der Waals surface area contributed by atoms with Crippen molar-refractivity contribution in [1.82, 2.24) is 4.90 Å². The van der Waals surface area contributed by atoms with E-state index in [1.54, 1.807) is 4.90 Å². The molecule has 0 atom stereocenters. The van der Waals surface area contributed by atoms with Crippen LogP contribution in [0.15, 0.2) is 35.5 Å². The van der Waals surface area contributed by atoms with Crippen LogP contribution in [0.3, 0.4) is 0 Å². The van der Waals surface area contributed by atoms with Crippen LogP contribution in [-0.4, -0.2) is 57.5 Å². The topological polar surface area (TPSA) is 68.3 Å². The van der Waals surface area contributed by atoms with Crippen LogP contribution in [-0.2, 0) is 30.3 Å². The Kier molecular flexibility index (Phi) is 5.90. The van der Waals surface area contributed by atoms with Gasteiger partial charge in [-0.15, -0.1) is 0 Å². The second-order valence-corrected chi connectivity index (χ2v) is 6.33. The third kappa shape index (κ3) is 3.73. The van der Waals surface area contributed by atoms with Gasteiger partial charge in [0.15, 0.2) is 0 Å². The number of methoxy groups -OCH3 is 2. The molecule has 26 heavy (non-hydrogen) atoms. The van der Waals surface area contributed by atoms with Crippen molar-refractivity contribution in [3.63, 3.8) is 0 Å². The molecule has 2 heterocycles. The summed E-state index contributed by atoms with van der Waals surface area (Å²) in [5, 5.41) is 0. The largest absolute Gasteiger partial charge is 0.466 e. The number of hydrogen-bond donors (Lipinski definition) is 0. The maximum Gasteiger partial charge on any atom is 0.355 e. The van der Waals surface area contributed by atoms with Crippen molar-refractivity contribution in [2.24, 2.45) is 0 Å². The van der Waals surface area contributed by atoms with Gasteiger partial charge < -0.3 is 19.1 Å². The first-order valence-corrected chi connectivity index (χ1v) is 8.71. The van der Waals surface area contributed by atoms with E-state index >= 15 is 0 Å². The van der Waals surface area contributed by atoms with Crippen molar-refractivity contribution in [3.05, 3.63) is 41.1 Å². The van der Waals surface area contributed by atoms with Gasteiger partial charge in [-0.1, -0.05) is 18.2 Å². The summed E-state index contributed by atoms with van der Waals surface area (Å²) in [5.74, 6) is -1.17. The normalized spacial score (nSPS) is 18.2. The fourth-order valence-electron chi connectivity index (χ4n) is 3.42. The summed E-state index contributed by atoms with van der Waals surface area (Å²) < 4.78 is 15.3. The number of rotatable bonds is 5. The highest BCUT2D eigenvalue weighted by molar-refractivity contribution is 6.03. The molecule has 140 valence electrons. The van der Waals surface area contributed by atoms with Crippen LogP contribution in [0.1, 0.15) is 18.4 Å². The standard InChI is InChI=1S/C19H24N2O5/c1-24-18(22)15-12-26-13-21(17(15)19(23)25-2)16-8-4-3-7-14(16)11-20-9-5-6-10-20/h3-4,7-8H,5-6,9-13H2,1-2H3. The lowest BCUT2D eigenvalue weighted by Gasteiger charge is -2.33. The van der Waals surface area contributed by atoms with Crippen LogP contribution >= 0.6 is 0 Å². The molecule has 3 rings (SSSR count). The lowest BCUT2D eigenvalue weighted by Crippen LogP contribution is -2.39. The molecule has 1 aromatic carbocycles. The van der Waals surface area contributed by atoms with E-state index in [1.807, 2.05) is 24.3 Å². The number of carbonyl (C=O) groups is 2. The summed E-state index contributed by atoms with van der Waals surface area (Å²) in [7, 11) is 2.58. The van der Waals surface area contributed by atoms with E-state index in [0.29, 0.717) is 0 Å². The number of nitrogens with zero attached hydrogens (tertiary/aromatic N) is 2. The van der Waals surface area contributed by atoms with Gasteiger partial charge in [0.1, 0.15) is 12.4 Å². The van der Waals surface area contributed by atoms with Crippen molar-refractivity contribution < 1.29 is 23.8 Å². The Morgan fingerprint density at radius 2 is 1.77 bits per heavy atom. The lowest BCUT2D eigenvalue weighted by atomic mass is 10.1. The predicted molar refractivity (Wildman–Crippen MR) is 95.3 cm³/mol. The Morgan fingerprint density at radius 1 is 1.08 bits per heavy atom. The molecular weight excluding hydrogens is 336 g/mol. The van der Waals surface area contributed by atoms with Crippen LogP contribution in [0.5, 0.6) is 0 Å². The number of ether oxygens (including phenoxy) is 3. The molecule has 0 aliphatic carbocycles. The molecule has 0 spiro atoms. The average molecular weight is 360 g/mol. The molecule has 1 saturated heterocycles. The summed E-state index contributed by atoms with van der Waals surface area (Å²) in [6, 6.07) is 7.85. The predicted octanol–water partition coefficient (Wildman–Crippen LogP) is 1.68. The Labute approximate surface area is 153 Å². The number of hydrogen-bond acceptors (Lipinski definition) is 7. The first-order chi connectivity index (χ1) is 12.7. The van der Waals surface area contributed by atoms with Gasteiger partial charge in [-0.2, -0.15) is 0 Å². The van der Waals surface area contributed by atoms with Crippen LogP contribution < -0.4 is 4.90 Å². The van der Waals surface area contributed by atoms with Crippen LogP contribution in [0, 0.1) is 0 Å². The molecule has 0 saturated carbocycles. The maximum atomic E-state index is 12.4. The van der Waals surface area contributed by atoms with Crippen LogP contribution in [0.2, 0.25) is 0 Å². The molecule has 0 amide bonds. The van der Waals surface area contributed by atoms with E-state index in [-0.39, 0.29) is 24.6 Å². The number of esters is 2. The van der Waals surface area contributed by atoms with E-state index in [0.717, 1.165) is 30.9 Å². The first kappa shape index (κ1) is 18.4. The van der Waals surface area contributed by atoms with Gasteiger partial charge in [0.2, 0.25) is 0 Å². The summed E-state index contributed by atoms with van der Waals surface area (Å²) >= 11 is 0. The van der Waals surface area contributed by atoms with Crippen molar-refractivity contribution in [3.8, 4) is 0 Å². The van der Waals surface area contributed by atoms with Gasteiger partial charge in [0.25, 0.3) is 0 Å². The summed E-state index contributed by atoms with van der Waals surface area (Å²) in [5.41, 5.74) is 2.26. The number of anilines is 1. The number of likely N-dealkylation sites (tertiary alicyclic amines) is 1. The zero-order valence-electron chi connectivity index (χ0n) is 15.2. The van der Waals surface area contributed by atoms with Crippen molar-refractivity contribution >= 4 is 17.6 Å². The summed E-state index contributed by atoms with van der Waals surface area (Å²) in [6.07, 6.45) is 2.41. The highest BCUT2D eigenvalue weighted by atomic mass is 16.5. The monoisotopic (exact) mass is 360 g/mol. The highest BCUT2D eigenvalue weighted by Crippen LogP contribution is 2.30. The molecule has 0 aromatic heterocycles. The van der Waals surface area contributed by atoms with Gasteiger partial charge in [-0.25, -0.2) is 9.59 Å². The number of benzene rings is 1. The number of carbonyl (C=O) groups excluding carboxylic acids is 2. The SMILES string of the molecule is COC(=O)C1=C(C(=O)OC)N(c2ccccc2CN2CCCC2)COC1. The van der Waals surface area contributed by atoms with Crippen LogP contribution in [0.4, 0.5) is 5.69 Å². The Hall–Kier alpha value is -2.38. The van der Waals surface area contributed by atoms with E-state index in [2.05, 4.69) is 4.90 Å². The Balaban J connectivity index is 2.01. The van der Waals surface area contributed by atoms with E-state index in [9.17, 15) is 9.59 Å². The molecule has 2 aliphatic heterocycles. The van der Waals surface area contributed by atoms with Gasteiger partial charge in [0, 0.05) is 12.2 Å². The fourth-order valence-corrected chi connectivity index (χ4v) is 3.42. The minimum absolute atomic E-state index is 0.0158. The minimum Gasteiger partial charge on any atom is -0.466 e. The third-order valence-electron chi connectivity index (χ3n) is 4.71. The van der Waals surface area contributed by atoms with Gasteiger partial charge in [0.05, 0.1) is 26.4 Å². The molecule has 7 heteroatoms. The van der Waals surface area contributed by atoms with Crippen LogP contribution in [0.25, 0.3) is 0 Å². The highest BCUT2D eigenvalue weighted by Gasteiger charge is 2.33. The lowest BCUT2D eigenvalue weighted by molar-refractivity contribution is -0.140. The van der Waals surface area contributed by atoms with Gasteiger partial charge in [-0.05, 0) is 37.6 Å². The smallest absolute Gasteiger partial charge is 0.355 e. The maximum absolute atomic E-state index is 12.4. The third-order valence-corrected chi connectivity index (χ3v) is 4.71. The zero-order valence-corrected chi connectivity index (χ0v) is 15.2. The molecule has 1 fully saturated rings. The quantitative estimate of drug-likeness (QED) is 0.740. The molecule has 0 bridgehead atoms. The minimum atomic E-state index is -0.591.